The maximum atomic E-state index is 13.3. The van der Waals surface area contributed by atoms with Crippen LogP contribution in [0.15, 0.2) is 33.9 Å². The van der Waals surface area contributed by atoms with Crippen LogP contribution in [0.3, 0.4) is 0 Å². The van der Waals surface area contributed by atoms with E-state index in [0.29, 0.717) is 18.7 Å². The molecule has 3 rings (SSSR count). The van der Waals surface area contributed by atoms with Crippen LogP contribution in [0.25, 0.3) is 16.9 Å². The lowest BCUT2D eigenvalue weighted by molar-refractivity contribution is -0.130. The fraction of sp³-hybridized carbons (Fsp3) is 0.368. The van der Waals surface area contributed by atoms with Gasteiger partial charge < -0.3 is 9.80 Å². The Morgan fingerprint density at radius 3 is 2.40 bits per heavy atom. The van der Waals surface area contributed by atoms with Gasteiger partial charge in [0.15, 0.2) is 17.0 Å². The van der Waals surface area contributed by atoms with E-state index < -0.39 is 17.1 Å². The number of halogens is 1. The average Bonchev–Trinajstić information content (AvgIpc) is 2.72. The summed E-state index contributed by atoms with van der Waals surface area (Å²) in [6, 6.07) is 5.19. The highest BCUT2D eigenvalue weighted by Crippen LogP contribution is 2.11. The lowest BCUT2D eigenvalue weighted by Crippen LogP contribution is -2.38. The molecule has 158 valence electrons. The Bertz CT molecular complexity index is 1200. The lowest BCUT2D eigenvalue weighted by Gasteiger charge is -2.18. The molecule has 0 N–H and O–H groups in total. The zero-order valence-corrected chi connectivity index (χ0v) is 17.2. The molecule has 30 heavy (non-hydrogen) atoms. The Morgan fingerprint density at radius 2 is 1.77 bits per heavy atom. The van der Waals surface area contributed by atoms with E-state index >= 15 is 0 Å². The fourth-order valence-electron chi connectivity index (χ4n) is 2.83. The van der Waals surface area contributed by atoms with E-state index in [1.165, 1.54) is 36.2 Å². The number of aromatic nitrogens is 5. The van der Waals surface area contributed by atoms with Crippen molar-refractivity contribution in [3.63, 3.8) is 0 Å². The highest BCUT2D eigenvalue weighted by molar-refractivity contribution is 5.76. The molecule has 2 heterocycles. The largest absolute Gasteiger partial charge is 0.338 e. The van der Waals surface area contributed by atoms with E-state index in [-0.39, 0.29) is 29.4 Å². The Morgan fingerprint density at radius 1 is 1.10 bits per heavy atom. The molecule has 0 aliphatic heterocycles. The third kappa shape index (κ3) is 4.25. The number of rotatable bonds is 6. The molecule has 0 atom stereocenters. The van der Waals surface area contributed by atoms with Crippen molar-refractivity contribution in [1.82, 2.24) is 34.1 Å². The van der Waals surface area contributed by atoms with Gasteiger partial charge in [-0.05, 0) is 38.4 Å². The van der Waals surface area contributed by atoms with Gasteiger partial charge in [-0.1, -0.05) is 0 Å². The van der Waals surface area contributed by atoms with Crippen LogP contribution >= 0.6 is 0 Å². The summed E-state index contributed by atoms with van der Waals surface area (Å²) in [6.45, 7) is 0.665. The van der Waals surface area contributed by atoms with Gasteiger partial charge in [-0.25, -0.2) is 18.7 Å². The third-order valence-corrected chi connectivity index (χ3v) is 4.57. The summed E-state index contributed by atoms with van der Waals surface area (Å²) in [5, 5.41) is 8.02. The van der Waals surface area contributed by atoms with E-state index in [2.05, 4.69) is 15.2 Å². The fourth-order valence-corrected chi connectivity index (χ4v) is 2.83. The first-order valence-corrected chi connectivity index (χ1v) is 9.19. The molecular weight excluding hydrogens is 393 g/mol. The van der Waals surface area contributed by atoms with Gasteiger partial charge in [0.1, 0.15) is 5.82 Å². The molecule has 0 saturated heterocycles. The predicted molar refractivity (Wildman–Crippen MR) is 108 cm³/mol. The average molecular weight is 415 g/mol. The molecule has 0 spiro atoms. The summed E-state index contributed by atoms with van der Waals surface area (Å²) in [5.74, 6) is -0.393. The molecule has 0 fully saturated rings. The number of carbonyl (C=O) groups is 1. The molecule has 0 radical (unpaired) electrons. The first kappa shape index (κ1) is 21.2. The topological polar surface area (TPSA) is 106 Å². The van der Waals surface area contributed by atoms with Gasteiger partial charge in [-0.3, -0.25) is 14.2 Å². The minimum absolute atomic E-state index is 0.0416. The normalized spacial score (nSPS) is 11.3. The Labute approximate surface area is 171 Å². The molecule has 11 heteroatoms. The Hall–Kier alpha value is -3.47. The minimum Gasteiger partial charge on any atom is -0.338 e. The van der Waals surface area contributed by atoms with E-state index in [0.717, 1.165) is 9.13 Å². The lowest BCUT2D eigenvalue weighted by atomic mass is 10.3. The van der Waals surface area contributed by atoms with Crippen molar-refractivity contribution in [2.45, 2.75) is 13.0 Å². The number of hydrogen-bond acceptors (Lipinski definition) is 7. The van der Waals surface area contributed by atoms with Crippen LogP contribution in [-0.2, 0) is 18.4 Å². The number of amides is 1. The summed E-state index contributed by atoms with van der Waals surface area (Å²) in [5.41, 5.74) is -1.08. The Balaban J connectivity index is 2.02. The summed E-state index contributed by atoms with van der Waals surface area (Å²) < 4.78 is 15.3. The molecule has 2 aromatic heterocycles. The summed E-state index contributed by atoms with van der Waals surface area (Å²) >= 11 is 0. The molecule has 0 bridgehead atoms. The molecule has 0 saturated carbocycles. The minimum atomic E-state index is -0.654. The zero-order valence-electron chi connectivity index (χ0n) is 17.2. The maximum absolute atomic E-state index is 13.3. The van der Waals surface area contributed by atoms with Crippen LogP contribution in [0, 0.1) is 5.82 Å². The van der Waals surface area contributed by atoms with Crippen LogP contribution in [-0.4, -0.2) is 67.7 Å². The molecule has 10 nitrogen and oxygen atoms in total. The summed E-state index contributed by atoms with van der Waals surface area (Å²) in [7, 11) is 6.69. The first-order chi connectivity index (χ1) is 14.2. The van der Waals surface area contributed by atoms with Crippen LogP contribution in [0.5, 0.6) is 0 Å². The van der Waals surface area contributed by atoms with E-state index in [4.69, 9.17) is 0 Å². The quantitative estimate of drug-likeness (QED) is 0.554. The smallest absolute Gasteiger partial charge is 0.337 e. The second-order valence-electron chi connectivity index (χ2n) is 7.16. The van der Waals surface area contributed by atoms with Crippen molar-refractivity contribution in [3.05, 3.63) is 56.7 Å². The van der Waals surface area contributed by atoms with Gasteiger partial charge in [0, 0.05) is 27.1 Å². The van der Waals surface area contributed by atoms with Crippen LogP contribution in [0.1, 0.15) is 12.2 Å². The zero-order chi connectivity index (χ0) is 22.0. The molecule has 0 unspecified atom stereocenters. The number of benzene rings is 1. The summed E-state index contributed by atoms with van der Waals surface area (Å²) in [4.78, 5) is 45.1. The number of carbonyl (C=O) groups excluding carboxylic acids is 1. The number of fused-ring (bicyclic) bond motifs is 1. The van der Waals surface area contributed by atoms with Crippen molar-refractivity contribution in [3.8, 4) is 5.69 Å². The van der Waals surface area contributed by atoms with Crippen molar-refractivity contribution >= 4 is 17.1 Å². The highest BCUT2D eigenvalue weighted by atomic mass is 19.1. The second-order valence-corrected chi connectivity index (χ2v) is 7.16. The van der Waals surface area contributed by atoms with Gasteiger partial charge in [0.25, 0.3) is 5.56 Å². The van der Waals surface area contributed by atoms with Gasteiger partial charge in [-0.15, -0.1) is 10.2 Å². The SMILES string of the molecule is CN(C)CCC(=O)N(C)Cc1nnc2c(n1)c(=O)n(C)c(=O)n2-c1ccc(F)cc1. The second kappa shape index (κ2) is 8.49. The van der Waals surface area contributed by atoms with Crippen LogP contribution in [0.4, 0.5) is 4.39 Å². The maximum Gasteiger partial charge on any atom is 0.337 e. The van der Waals surface area contributed by atoms with Crippen LogP contribution < -0.4 is 11.2 Å². The molecule has 3 aromatic rings. The molecule has 0 aliphatic carbocycles. The van der Waals surface area contributed by atoms with E-state index in [1.807, 2.05) is 19.0 Å². The van der Waals surface area contributed by atoms with Crippen molar-refractivity contribution < 1.29 is 9.18 Å². The molecular formula is C19H22FN7O3. The molecule has 0 aliphatic rings. The monoisotopic (exact) mass is 415 g/mol. The first-order valence-electron chi connectivity index (χ1n) is 9.19. The van der Waals surface area contributed by atoms with Gasteiger partial charge >= 0.3 is 5.69 Å². The standard InChI is InChI=1S/C19H22FN7O3/c1-24(2)10-9-15(28)25(3)11-14-21-16-17(23-22-14)27(19(30)26(4)18(16)29)13-7-5-12(20)6-8-13/h5-8H,9-11H2,1-4H3. The summed E-state index contributed by atoms with van der Waals surface area (Å²) in [6.07, 6.45) is 0.330. The van der Waals surface area contributed by atoms with Gasteiger partial charge in [0.05, 0.1) is 12.2 Å². The van der Waals surface area contributed by atoms with Gasteiger partial charge in [0.2, 0.25) is 5.91 Å². The highest BCUT2D eigenvalue weighted by Gasteiger charge is 2.18. The van der Waals surface area contributed by atoms with Gasteiger partial charge in [-0.2, -0.15) is 0 Å². The third-order valence-electron chi connectivity index (χ3n) is 4.57. The number of hydrogen-bond donors (Lipinski definition) is 0. The van der Waals surface area contributed by atoms with Crippen molar-refractivity contribution in [2.75, 3.05) is 27.7 Å². The number of nitrogens with zero attached hydrogens (tertiary/aromatic N) is 7. The van der Waals surface area contributed by atoms with Crippen molar-refractivity contribution in [2.24, 2.45) is 7.05 Å². The Kier molecular flexibility index (Phi) is 6.01. The predicted octanol–water partition coefficient (Wildman–Crippen LogP) is -0.0764. The van der Waals surface area contributed by atoms with Crippen molar-refractivity contribution in [1.29, 1.82) is 0 Å². The molecule has 1 aromatic carbocycles. The molecule has 1 amide bonds. The van der Waals surface area contributed by atoms with E-state index in [9.17, 15) is 18.8 Å². The van der Waals surface area contributed by atoms with Crippen LogP contribution in [0.2, 0.25) is 0 Å². The van der Waals surface area contributed by atoms with E-state index in [1.54, 1.807) is 7.05 Å².